The highest BCUT2D eigenvalue weighted by atomic mass is 16.5. The highest BCUT2D eigenvalue weighted by Gasteiger charge is 2.21. The van der Waals surface area contributed by atoms with Gasteiger partial charge in [0.2, 0.25) is 0 Å². The third-order valence-corrected chi connectivity index (χ3v) is 4.04. The third kappa shape index (κ3) is 4.40. The Balaban J connectivity index is 2.08. The van der Waals surface area contributed by atoms with Gasteiger partial charge in [-0.2, -0.15) is 0 Å². The highest BCUT2D eigenvalue weighted by Crippen LogP contribution is 2.37. The van der Waals surface area contributed by atoms with Gasteiger partial charge in [0.05, 0.1) is 13.2 Å². The Morgan fingerprint density at radius 3 is 2.15 bits per heavy atom. The molecule has 0 aliphatic rings. The van der Waals surface area contributed by atoms with E-state index < -0.39 is 5.97 Å². The Morgan fingerprint density at radius 1 is 0.815 bits per heavy atom. The topological polar surface area (TPSA) is 44.8 Å². The summed E-state index contributed by atoms with van der Waals surface area (Å²) in [6.45, 7) is 5.17. The summed E-state index contributed by atoms with van der Waals surface area (Å²) >= 11 is 0. The van der Waals surface area contributed by atoms with E-state index in [2.05, 4.69) is 0 Å². The van der Waals surface area contributed by atoms with Gasteiger partial charge >= 0.3 is 5.97 Å². The fraction of sp³-hybridized carbons (Fsp3) is 0.261. The molecule has 0 aliphatic carbocycles. The van der Waals surface area contributed by atoms with Gasteiger partial charge in [-0.05, 0) is 31.0 Å². The molecule has 4 heteroatoms. The fourth-order valence-electron chi connectivity index (χ4n) is 2.81. The van der Waals surface area contributed by atoms with Crippen LogP contribution in [0.15, 0.2) is 60.7 Å². The molecule has 140 valence electrons. The van der Waals surface area contributed by atoms with Gasteiger partial charge in [0.15, 0.2) is 0 Å². The average Bonchev–Trinajstić information content (AvgIpc) is 2.71. The maximum Gasteiger partial charge on any atom is 0.347 e. The second kappa shape index (κ2) is 9.08. The van der Waals surface area contributed by atoms with E-state index in [9.17, 15) is 4.79 Å². The normalized spacial score (nSPS) is 10.6. The molecule has 27 heavy (non-hydrogen) atoms. The summed E-state index contributed by atoms with van der Waals surface area (Å²) < 4.78 is 17.4. The number of ether oxygens (including phenoxy) is 3. The first-order valence-electron chi connectivity index (χ1n) is 9.33. The minimum atomic E-state index is -0.459. The predicted octanol–water partition coefficient (Wildman–Crippen LogP) is 5.64. The molecule has 0 heterocycles. The van der Waals surface area contributed by atoms with Crippen molar-refractivity contribution in [2.24, 2.45) is 0 Å². The first-order chi connectivity index (χ1) is 13.2. The molecule has 0 aromatic heterocycles. The summed E-state index contributed by atoms with van der Waals surface area (Å²) in [6.07, 6.45) is 1.72. The Bertz CT molecular complexity index is 903. The zero-order valence-electron chi connectivity index (χ0n) is 15.7. The van der Waals surface area contributed by atoms with Gasteiger partial charge in [-0.3, -0.25) is 0 Å². The molecular formula is C23H24O4. The monoisotopic (exact) mass is 364 g/mol. The van der Waals surface area contributed by atoms with Gasteiger partial charge in [-0.1, -0.05) is 56.3 Å². The number of hydrogen-bond acceptors (Lipinski definition) is 4. The summed E-state index contributed by atoms with van der Waals surface area (Å²) in [4.78, 5) is 12.9. The van der Waals surface area contributed by atoms with Crippen LogP contribution in [-0.2, 0) is 0 Å². The smallest absolute Gasteiger partial charge is 0.347 e. The quantitative estimate of drug-likeness (QED) is 0.383. The molecule has 0 N–H and O–H groups in total. The van der Waals surface area contributed by atoms with Gasteiger partial charge in [-0.15, -0.1) is 0 Å². The zero-order valence-corrected chi connectivity index (χ0v) is 15.7. The Morgan fingerprint density at radius 2 is 1.44 bits per heavy atom. The fourth-order valence-corrected chi connectivity index (χ4v) is 2.81. The summed E-state index contributed by atoms with van der Waals surface area (Å²) in [5.41, 5.74) is 0.372. The second-order valence-electron chi connectivity index (χ2n) is 6.20. The molecule has 0 fully saturated rings. The molecular weight excluding hydrogens is 340 g/mol. The molecule has 0 amide bonds. The molecule has 0 aliphatic heterocycles. The van der Waals surface area contributed by atoms with E-state index in [1.165, 1.54) is 0 Å². The van der Waals surface area contributed by atoms with Crippen LogP contribution < -0.4 is 14.2 Å². The highest BCUT2D eigenvalue weighted by molar-refractivity contribution is 6.04. The van der Waals surface area contributed by atoms with Crippen LogP contribution in [-0.4, -0.2) is 19.2 Å². The Kier molecular flexibility index (Phi) is 6.31. The average molecular weight is 364 g/mol. The van der Waals surface area contributed by atoms with Gasteiger partial charge in [-0.25, -0.2) is 4.79 Å². The Hall–Kier alpha value is -3.01. The van der Waals surface area contributed by atoms with Gasteiger partial charge in [0.25, 0.3) is 0 Å². The van der Waals surface area contributed by atoms with Crippen LogP contribution >= 0.6 is 0 Å². The lowest BCUT2D eigenvalue weighted by atomic mass is 10.0. The number of carbonyl (C=O) groups excluding carboxylic acids is 1. The number of para-hydroxylation sites is 1. The largest absolute Gasteiger partial charge is 0.493 e. The van der Waals surface area contributed by atoms with Crippen molar-refractivity contribution in [1.82, 2.24) is 0 Å². The van der Waals surface area contributed by atoms with E-state index in [0.717, 1.165) is 23.6 Å². The van der Waals surface area contributed by atoms with Crippen LogP contribution in [0.1, 0.15) is 37.0 Å². The van der Waals surface area contributed by atoms with E-state index >= 15 is 0 Å². The van der Waals surface area contributed by atoms with Gasteiger partial charge in [0.1, 0.15) is 22.8 Å². The molecule has 0 saturated heterocycles. The summed E-state index contributed by atoms with van der Waals surface area (Å²) in [5.74, 6) is 1.24. The summed E-state index contributed by atoms with van der Waals surface area (Å²) in [5, 5.41) is 1.77. The van der Waals surface area contributed by atoms with Crippen molar-refractivity contribution in [3.8, 4) is 17.2 Å². The number of benzene rings is 3. The molecule has 3 aromatic carbocycles. The SMILES string of the molecule is CCCOc1cc(C(=O)Oc2ccccc2)c(OCCC)c2ccccc12. The molecule has 0 unspecified atom stereocenters. The lowest BCUT2D eigenvalue weighted by Crippen LogP contribution is -2.12. The standard InChI is InChI=1S/C23H24O4/c1-3-14-25-21-16-20(23(24)27-17-10-6-5-7-11-17)22(26-15-4-2)19-13-9-8-12-18(19)21/h5-13,16H,3-4,14-15H2,1-2H3. The molecule has 0 bridgehead atoms. The van der Waals surface area contributed by atoms with Crippen LogP contribution in [0.3, 0.4) is 0 Å². The van der Waals surface area contributed by atoms with Crippen molar-refractivity contribution in [3.63, 3.8) is 0 Å². The van der Waals surface area contributed by atoms with Crippen LogP contribution in [0.25, 0.3) is 10.8 Å². The van der Waals surface area contributed by atoms with Crippen molar-refractivity contribution in [2.75, 3.05) is 13.2 Å². The zero-order chi connectivity index (χ0) is 19.1. The maximum atomic E-state index is 12.9. The number of hydrogen-bond donors (Lipinski definition) is 0. The molecule has 3 rings (SSSR count). The number of rotatable bonds is 8. The molecule has 0 spiro atoms. The van der Waals surface area contributed by atoms with Gasteiger partial charge in [0, 0.05) is 10.8 Å². The lowest BCUT2D eigenvalue weighted by Gasteiger charge is -2.17. The number of carbonyl (C=O) groups is 1. The molecule has 3 aromatic rings. The van der Waals surface area contributed by atoms with Crippen LogP contribution in [0.5, 0.6) is 17.2 Å². The van der Waals surface area contributed by atoms with E-state index in [4.69, 9.17) is 14.2 Å². The van der Waals surface area contributed by atoms with Crippen molar-refractivity contribution in [1.29, 1.82) is 0 Å². The Labute approximate surface area is 159 Å². The van der Waals surface area contributed by atoms with E-state index in [-0.39, 0.29) is 0 Å². The summed E-state index contributed by atoms with van der Waals surface area (Å²) in [6, 6.07) is 18.6. The first-order valence-corrected chi connectivity index (χ1v) is 9.33. The van der Waals surface area contributed by atoms with Crippen LogP contribution in [0.2, 0.25) is 0 Å². The lowest BCUT2D eigenvalue weighted by molar-refractivity contribution is 0.0730. The molecule has 4 nitrogen and oxygen atoms in total. The van der Waals surface area contributed by atoms with E-state index in [1.807, 2.05) is 56.3 Å². The molecule has 0 atom stereocenters. The van der Waals surface area contributed by atoms with Crippen molar-refractivity contribution in [3.05, 3.63) is 66.2 Å². The van der Waals surface area contributed by atoms with E-state index in [0.29, 0.717) is 36.0 Å². The van der Waals surface area contributed by atoms with Crippen LogP contribution in [0.4, 0.5) is 0 Å². The minimum absolute atomic E-state index is 0.372. The third-order valence-electron chi connectivity index (χ3n) is 4.04. The maximum absolute atomic E-state index is 12.9. The number of esters is 1. The predicted molar refractivity (Wildman–Crippen MR) is 107 cm³/mol. The van der Waals surface area contributed by atoms with Crippen molar-refractivity contribution < 1.29 is 19.0 Å². The molecule has 0 radical (unpaired) electrons. The van der Waals surface area contributed by atoms with Crippen molar-refractivity contribution in [2.45, 2.75) is 26.7 Å². The second-order valence-corrected chi connectivity index (χ2v) is 6.20. The first kappa shape index (κ1) is 18.8. The van der Waals surface area contributed by atoms with E-state index in [1.54, 1.807) is 18.2 Å². The van der Waals surface area contributed by atoms with Crippen LogP contribution in [0, 0.1) is 0 Å². The number of fused-ring (bicyclic) bond motifs is 1. The van der Waals surface area contributed by atoms with Crippen molar-refractivity contribution >= 4 is 16.7 Å². The molecule has 0 saturated carbocycles. The van der Waals surface area contributed by atoms with Gasteiger partial charge < -0.3 is 14.2 Å². The minimum Gasteiger partial charge on any atom is -0.493 e. The summed E-state index contributed by atoms with van der Waals surface area (Å²) in [7, 11) is 0.